The third kappa shape index (κ3) is 3.87. The Bertz CT molecular complexity index is 607. The lowest BCUT2D eigenvalue weighted by atomic mass is 9.94. The number of rotatable bonds is 5. The van der Waals surface area contributed by atoms with Crippen LogP contribution >= 0.6 is 0 Å². The molecule has 1 aliphatic carbocycles. The zero-order valence-corrected chi connectivity index (χ0v) is 13.9. The van der Waals surface area contributed by atoms with Gasteiger partial charge < -0.3 is 14.8 Å². The molecule has 1 aromatic carbocycles. The zero-order valence-electron chi connectivity index (χ0n) is 13.9. The van der Waals surface area contributed by atoms with Gasteiger partial charge in [-0.15, -0.1) is 0 Å². The Hall–Kier alpha value is -1.97. The average molecular weight is 315 g/mol. The first kappa shape index (κ1) is 15.9. The van der Waals surface area contributed by atoms with Crippen LogP contribution in [0.1, 0.15) is 38.7 Å². The zero-order chi connectivity index (χ0) is 16.3. The van der Waals surface area contributed by atoms with Crippen molar-refractivity contribution in [3.05, 3.63) is 35.9 Å². The van der Waals surface area contributed by atoms with Crippen LogP contribution in [0.2, 0.25) is 0 Å². The van der Waals surface area contributed by atoms with E-state index in [1.54, 1.807) is 0 Å². The summed E-state index contributed by atoms with van der Waals surface area (Å²) in [6, 6.07) is 6.00. The highest BCUT2D eigenvalue weighted by Gasteiger charge is 2.32. The number of hydrogen-bond donors (Lipinski definition) is 1. The van der Waals surface area contributed by atoms with Crippen molar-refractivity contribution in [3.8, 4) is 11.5 Å². The number of amides is 1. The standard InChI is InChI=1S/C19H25NO3/c1-19(2)13-15-9-6-10-16(17(15)23-19)22-12-11-20-18(21)14-7-4-3-5-8-14/h3-4,6,9-10,14H,5,7-8,11-13H2,1-2H3,(H,20,21)/t14-/m0/s1. The SMILES string of the molecule is CC1(C)Cc2cccc(OCCNC(=O)[C@H]3CC=CCC3)c2O1. The molecule has 1 N–H and O–H groups in total. The van der Waals surface area contributed by atoms with Gasteiger partial charge in [-0.25, -0.2) is 0 Å². The number of nitrogens with one attached hydrogen (secondary N) is 1. The van der Waals surface area contributed by atoms with E-state index in [-0.39, 0.29) is 17.4 Å². The van der Waals surface area contributed by atoms with Gasteiger partial charge in [0.25, 0.3) is 0 Å². The van der Waals surface area contributed by atoms with Crippen molar-refractivity contribution in [2.24, 2.45) is 5.92 Å². The van der Waals surface area contributed by atoms with Crippen molar-refractivity contribution in [3.63, 3.8) is 0 Å². The Morgan fingerprint density at radius 3 is 3.04 bits per heavy atom. The van der Waals surface area contributed by atoms with E-state index in [2.05, 4.69) is 37.4 Å². The van der Waals surface area contributed by atoms with Crippen LogP contribution in [0.15, 0.2) is 30.4 Å². The third-order valence-electron chi connectivity index (χ3n) is 4.35. The highest BCUT2D eigenvalue weighted by Crippen LogP contribution is 2.41. The maximum atomic E-state index is 12.1. The number of hydrogen-bond acceptors (Lipinski definition) is 3. The van der Waals surface area contributed by atoms with Gasteiger partial charge in [-0.2, -0.15) is 0 Å². The number of para-hydroxylation sites is 1. The van der Waals surface area contributed by atoms with Crippen LogP contribution in [0.4, 0.5) is 0 Å². The minimum atomic E-state index is -0.176. The van der Waals surface area contributed by atoms with E-state index >= 15 is 0 Å². The molecular formula is C19H25NO3. The minimum Gasteiger partial charge on any atom is -0.488 e. The average Bonchev–Trinajstić information content (AvgIpc) is 2.86. The van der Waals surface area contributed by atoms with Crippen LogP contribution < -0.4 is 14.8 Å². The van der Waals surface area contributed by atoms with Gasteiger partial charge in [-0.3, -0.25) is 4.79 Å². The molecule has 0 spiro atoms. The van der Waals surface area contributed by atoms with Gasteiger partial charge in [0.05, 0.1) is 6.54 Å². The molecule has 1 amide bonds. The highest BCUT2D eigenvalue weighted by atomic mass is 16.5. The molecule has 2 aliphatic rings. The minimum absolute atomic E-state index is 0.116. The van der Waals surface area contributed by atoms with Crippen molar-refractivity contribution < 1.29 is 14.3 Å². The van der Waals surface area contributed by atoms with Gasteiger partial charge in [0, 0.05) is 17.9 Å². The molecule has 1 aromatic rings. The first-order valence-electron chi connectivity index (χ1n) is 8.41. The normalized spacial score (nSPS) is 21.4. The van der Waals surface area contributed by atoms with Crippen molar-refractivity contribution in [1.29, 1.82) is 0 Å². The van der Waals surface area contributed by atoms with Crippen LogP contribution in [0.5, 0.6) is 11.5 Å². The summed E-state index contributed by atoms with van der Waals surface area (Å²) in [4.78, 5) is 12.1. The molecular weight excluding hydrogens is 290 g/mol. The number of benzene rings is 1. The molecule has 23 heavy (non-hydrogen) atoms. The van der Waals surface area contributed by atoms with Gasteiger partial charge in [-0.1, -0.05) is 24.3 Å². The number of carbonyl (C=O) groups excluding carboxylic acids is 1. The molecule has 4 heteroatoms. The summed E-state index contributed by atoms with van der Waals surface area (Å²) in [6.07, 6.45) is 7.92. The summed E-state index contributed by atoms with van der Waals surface area (Å²) >= 11 is 0. The van der Waals surface area contributed by atoms with Gasteiger partial charge in [0.15, 0.2) is 11.5 Å². The molecule has 3 rings (SSSR count). The second-order valence-electron chi connectivity index (χ2n) is 6.90. The predicted octanol–water partition coefficient (Wildman–Crippen LogP) is 3.25. The molecule has 1 heterocycles. The van der Waals surface area contributed by atoms with Crippen LogP contribution in [-0.4, -0.2) is 24.7 Å². The summed E-state index contributed by atoms with van der Waals surface area (Å²) in [5, 5.41) is 2.97. The predicted molar refractivity (Wildman–Crippen MR) is 89.8 cm³/mol. The molecule has 0 fully saturated rings. The largest absolute Gasteiger partial charge is 0.488 e. The monoisotopic (exact) mass is 315 g/mol. The summed E-state index contributed by atoms with van der Waals surface area (Å²) in [6.45, 7) is 5.13. The summed E-state index contributed by atoms with van der Waals surface area (Å²) in [5.74, 6) is 1.86. The maximum absolute atomic E-state index is 12.1. The third-order valence-corrected chi connectivity index (χ3v) is 4.35. The molecule has 0 bridgehead atoms. The lowest BCUT2D eigenvalue weighted by Gasteiger charge is -2.19. The fourth-order valence-electron chi connectivity index (χ4n) is 3.21. The maximum Gasteiger partial charge on any atom is 0.223 e. The number of allylic oxidation sites excluding steroid dienone is 2. The van der Waals surface area contributed by atoms with Crippen LogP contribution in [0.25, 0.3) is 0 Å². The van der Waals surface area contributed by atoms with Crippen molar-refractivity contribution >= 4 is 5.91 Å². The van der Waals surface area contributed by atoms with Gasteiger partial charge in [-0.05, 0) is 39.2 Å². The summed E-state index contributed by atoms with van der Waals surface area (Å²) in [5.41, 5.74) is 1.01. The number of ether oxygens (including phenoxy) is 2. The second kappa shape index (κ2) is 6.65. The van der Waals surface area contributed by atoms with Gasteiger partial charge >= 0.3 is 0 Å². The molecule has 0 unspecified atom stereocenters. The molecule has 0 saturated carbocycles. The lowest BCUT2D eigenvalue weighted by molar-refractivity contribution is -0.125. The van der Waals surface area contributed by atoms with Gasteiger partial charge in [0.2, 0.25) is 5.91 Å². The molecule has 1 atom stereocenters. The Morgan fingerprint density at radius 2 is 2.26 bits per heavy atom. The van der Waals surface area contributed by atoms with Crippen molar-refractivity contribution in [2.75, 3.05) is 13.2 Å². The smallest absolute Gasteiger partial charge is 0.223 e. The van der Waals surface area contributed by atoms with Crippen molar-refractivity contribution in [2.45, 2.75) is 45.1 Å². The molecule has 1 aliphatic heterocycles. The van der Waals surface area contributed by atoms with Crippen LogP contribution in [0.3, 0.4) is 0 Å². The number of carbonyl (C=O) groups is 1. The van der Waals surface area contributed by atoms with E-state index in [9.17, 15) is 4.79 Å². The van der Waals surface area contributed by atoms with E-state index in [1.807, 2.05) is 12.1 Å². The lowest BCUT2D eigenvalue weighted by Crippen LogP contribution is -2.34. The Kier molecular flexibility index (Phi) is 4.60. The van der Waals surface area contributed by atoms with Gasteiger partial charge in [0.1, 0.15) is 12.2 Å². The van der Waals surface area contributed by atoms with Crippen molar-refractivity contribution in [1.82, 2.24) is 5.32 Å². The molecule has 0 saturated heterocycles. The Morgan fingerprint density at radius 1 is 1.39 bits per heavy atom. The topological polar surface area (TPSA) is 47.6 Å². The molecule has 0 radical (unpaired) electrons. The summed E-state index contributed by atoms with van der Waals surface area (Å²) < 4.78 is 11.8. The van der Waals surface area contributed by atoms with E-state index in [4.69, 9.17) is 9.47 Å². The Balaban J connectivity index is 1.48. The fraction of sp³-hybridized carbons (Fsp3) is 0.526. The highest BCUT2D eigenvalue weighted by molar-refractivity contribution is 5.78. The Labute approximate surface area is 137 Å². The van der Waals surface area contributed by atoms with E-state index < -0.39 is 0 Å². The molecule has 124 valence electrons. The van der Waals surface area contributed by atoms with E-state index in [1.165, 1.54) is 5.56 Å². The number of fused-ring (bicyclic) bond motifs is 1. The van der Waals surface area contributed by atoms with E-state index in [0.29, 0.717) is 13.2 Å². The molecule has 0 aromatic heterocycles. The fourth-order valence-corrected chi connectivity index (χ4v) is 3.21. The quantitative estimate of drug-likeness (QED) is 0.670. The van der Waals surface area contributed by atoms with E-state index in [0.717, 1.165) is 37.2 Å². The van der Waals surface area contributed by atoms with Crippen LogP contribution in [-0.2, 0) is 11.2 Å². The first-order chi connectivity index (χ1) is 11.1. The first-order valence-corrected chi connectivity index (χ1v) is 8.41. The van der Waals surface area contributed by atoms with Crippen LogP contribution in [0, 0.1) is 5.92 Å². The summed E-state index contributed by atoms with van der Waals surface area (Å²) in [7, 11) is 0. The second-order valence-corrected chi connectivity index (χ2v) is 6.90. The molecule has 4 nitrogen and oxygen atoms in total.